The third-order valence-electron chi connectivity index (χ3n) is 6.17. The minimum Gasteiger partial charge on any atom is -0.466 e. The first-order chi connectivity index (χ1) is 14.0. The SMILES string of the molecule is CCOC(=O)CCN(CC1CCCN1CC)C(=O)c1[nH]c2c(c1C)C(=O)CCC2. The number of aromatic amines is 1. The molecule has 1 aromatic rings. The van der Waals surface area contributed by atoms with Crippen LogP contribution in [0.4, 0.5) is 0 Å². The first-order valence-electron chi connectivity index (χ1n) is 10.9. The molecule has 1 atom stereocenters. The van der Waals surface area contributed by atoms with Crippen molar-refractivity contribution >= 4 is 17.7 Å². The fraction of sp³-hybridized carbons (Fsp3) is 0.682. The predicted octanol–water partition coefficient (Wildman–Crippen LogP) is 2.72. The molecule has 7 nitrogen and oxygen atoms in total. The van der Waals surface area contributed by atoms with Crippen LogP contribution >= 0.6 is 0 Å². The zero-order chi connectivity index (χ0) is 21.0. The number of aromatic nitrogens is 1. The van der Waals surface area contributed by atoms with Gasteiger partial charge in [-0.1, -0.05) is 6.92 Å². The summed E-state index contributed by atoms with van der Waals surface area (Å²) < 4.78 is 5.05. The zero-order valence-corrected chi connectivity index (χ0v) is 17.9. The van der Waals surface area contributed by atoms with Crippen LogP contribution in [0.3, 0.4) is 0 Å². The Hall–Kier alpha value is -2.15. The van der Waals surface area contributed by atoms with Gasteiger partial charge in [0.15, 0.2) is 5.78 Å². The molecule has 1 saturated heterocycles. The highest BCUT2D eigenvalue weighted by Crippen LogP contribution is 2.28. The van der Waals surface area contributed by atoms with Gasteiger partial charge >= 0.3 is 5.97 Å². The van der Waals surface area contributed by atoms with Crippen LogP contribution in [-0.4, -0.2) is 71.3 Å². The van der Waals surface area contributed by atoms with Crippen molar-refractivity contribution in [3.63, 3.8) is 0 Å². The van der Waals surface area contributed by atoms with Gasteiger partial charge < -0.3 is 14.6 Å². The summed E-state index contributed by atoms with van der Waals surface area (Å²) in [5.74, 6) is -0.302. The largest absolute Gasteiger partial charge is 0.466 e. The number of Topliss-reactive ketones (excluding diaryl/α,β-unsaturated/α-hetero) is 1. The lowest BCUT2D eigenvalue weighted by Gasteiger charge is -2.30. The maximum absolute atomic E-state index is 13.5. The van der Waals surface area contributed by atoms with E-state index < -0.39 is 0 Å². The Balaban J connectivity index is 1.81. The monoisotopic (exact) mass is 403 g/mol. The maximum atomic E-state index is 13.5. The number of aryl methyl sites for hydroxylation is 1. The van der Waals surface area contributed by atoms with Crippen LogP contribution in [0.2, 0.25) is 0 Å². The van der Waals surface area contributed by atoms with Crippen LogP contribution in [0.5, 0.6) is 0 Å². The Kier molecular flexibility index (Phi) is 7.11. The highest BCUT2D eigenvalue weighted by atomic mass is 16.5. The normalized spacial score (nSPS) is 19.3. The number of nitrogens with zero attached hydrogens (tertiary/aromatic N) is 2. The summed E-state index contributed by atoms with van der Waals surface area (Å²) in [4.78, 5) is 45.1. The number of carbonyl (C=O) groups is 3. The number of esters is 1. The van der Waals surface area contributed by atoms with Gasteiger partial charge in [-0.05, 0) is 58.2 Å². The van der Waals surface area contributed by atoms with Gasteiger partial charge in [0.25, 0.3) is 5.91 Å². The summed E-state index contributed by atoms with van der Waals surface area (Å²) >= 11 is 0. The molecule has 2 heterocycles. The third kappa shape index (κ3) is 4.71. The number of rotatable bonds is 8. The Bertz CT molecular complexity index is 770. The fourth-order valence-electron chi connectivity index (χ4n) is 4.65. The third-order valence-corrected chi connectivity index (χ3v) is 6.17. The molecule has 1 fully saturated rings. The molecule has 0 radical (unpaired) electrons. The van der Waals surface area contributed by atoms with Crippen LogP contribution in [0.25, 0.3) is 0 Å². The second-order valence-electron chi connectivity index (χ2n) is 7.99. The minimum absolute atomic E-state index is 0.116. The van der Waals surface area contributed by atoms with E-state index in [1.165, 1.54) is 0 Å². The van der Waals surface area contributed by atoms with E-state index in [1.807, 2.05) is 6.92 Å². The summed E-state index contributed by atoms with van der Waals surface area (Å²) in [6.45, 7) is 9.01. The maximum Gasteiger partial charge on any atom is 0.307 e. The number of ether oxygens (including phenoxy) is 1. The summed E-state index contributed by atoms with van der Waals surface area (Å²) in [6, 6.07) is 0.303. The Morgan fingerprint density at radius 3 is 2.72 bits per heavy atom. The first kappa shape index (κ1) is 21.6. The second-order valence-corrected chi connectivity index (χ2v) is 7.99. The smallest absolute Gasteiger partial charge is 0.307 e. The molecule has 2 aliphatic rings. The average molecular weight is 404 g/mol. The van der Waals surface area contributed by atoms with Crippen molar-refractivity contribution in [1.82, 2.24) is 14.8 Å². The summed E-state index contributed by atoms with van der Waals surface area (Å²) in [6.07, 6.45) is 4.51. The van der Waals surface area contributed by atoms with Crippen LogP contribution in [0, 0.1) is 6.92 Å². The lowest BCUT2D eigenvalue weighted by atomic mass is 9.93. The van der Waals surface area contributed by atoms with E-state index >= 15 is 0 Å². The quantitative estimate of drug-likeness (QED) is 0.675. The van der Waals surface area contributed by atoms with E-state index in [-0.39, 0.29) is 24.1 Å². The minimum atomic E-state index is -0.290. The van der Waals surface area contributed by atoms with Gasteiger partial charge in [-0.2, -0.15) is 0 Å². The van der Waals surface area contributed by atoms with E-state index in [4.69, 9.17) is 4.74 Å². The van der Waals surface area contributed by atoms with Gasteiger partial charge in [0.05, 0.1) is 13.0 Å². The molecule has 160 valence electrons. The Labute approximate surface area is 172 Å². The van der Waals surface area contributed by atoms with Crippen molar-refractivity contribution in [2.24, 2.45) is 0 Å². The number of hydrogen-bond donors (Lipinski definition) is 1. The molecule has 0 aromatic carbocycles. The number of ketones is 1. The van der Waals surface area contributed by atoms with E-state index in [1.54, 1.807) is 11.8 Å². The summed E-state index contributed by atoms with van der Waals surface area (Å²) in [5, 5.41) is 0. The van der Waals surface area contributed by atoms with Crippen molar-refractivity contribution in [1.29, 1.82) is 0 Å². The van der Waals surface area contributed by atoms with Crippen LogP contribution in [-0.2, 0) is 16.0 Å². The van der Waals surface area contributed by atoms with E-state index in [0.717, 1.165) is 50.0 Å². The van der Waals surface area contributed by atoms with E-state index in [2.05, 4.69) is 16.8 Å². The highest BCUT2D eigenvalue weighted by molar-refractivity contribution is 6.04. The predicted molar refractivity (Wildman–Crippen MR) is 110 cm³/mol. The molecule has 1 aliphatic heterocycles. The number of H-pyrrole nitrogens is 1. The number of carbonyl (C=O) groups excluding carboxylic acids is 3. The molecule has 1 amide bonds. The van der Waals surface area contributed by atoms with E-state index in [0.29, 0.717) is 43.4 Å². The molecule has 29 heavy (non-hydrogen) atoms. The lowest BCUT2D eigenvalue weighted by Crippen LogP contribution is -2.44. The van der Waals surface area contributed by atoms with Gasteiger partial charge in [0.2, 0.25) is 0 Å². The first-order valence-corrected chi connectivity index (χ1v) is 10.9. The van der Waals surface area contributed by atoms with Crippen molar-refractivity contribution in [2.45, 2.75) is 65.3 Å². The van der Waals surface area contributed by atoms with Gasteiger partial charge in [-0.3, -0.25) is 19.3 Å². The van der Waals surface area contributed by atoms with Crippen LogP contribution < -0.4 is 0 Å². The topological polar surface area (TPSA) is 82.7 Å². The number of nitrogens with one attached hydrogen (secondary N) is 1. The van der Waals surface area contributed by atoms with Crippen molar-refractivity contribution in [3.8, 4) is 0 Å². The van der Waals surface area contributed by atoms with Gasteiger partial charge in [-0.25, -0.2) is 0 Å². The van der Waals surface area contributed by atoms with Crippen LogP contribution in [0.15, 0.2) is 0 Å². The number of likely N-dealkylation sites (tertiary alicyclic amines) is 1. The standard InChI is InChI=1S/C22H33N3O4/c1-4-24-12-7-8-16(24)14-25(13-11-19(27)29-5-2)22(28)21-15(3)20-17(23-21)9-6-10-18(20)26/h16,23H,4-14H2,1-3H3. The molecule has 1 aliphatic carbocycles. The Morgan fingerprint density at radius 1 is 1.24 bits per heavy atom. The van der Waals surface area contributed by atoms with E-state index in [9.17, 15) is 14.4 Å². The molecule has 1 unspecified atom stereocenters. The number of fused-ring (bicyclic) bond motifs is 1. The molecular weight excluding hydrogens is 370 g/mol. The molecule has 0 spiro atoms. The molecule has 0 saturated carbocycles. The zero-order valence-electron chi connectivity index (χ0n) is 17.9. The molecular formula is C22H33N3O4. The number of amides is 1. The van der Waals surface area contributed by atoms with Gasteiger partial charge in [-0.15, -0.1) is 0 Å². The summed E-state index contributed by atoms with van der Waals surface area (Å²) in [5.41, 5.74) is 2.81. The molecule has 7 heteroatoms. The molecule has 0 bridgehead atoms. The second kappa shape index (κ2) is 9.57. The molecule has 1 aromatic heterocycles. The van der Waals surface area contributed by atoms with Crippen molar-refractivity contribution in [3.05, 3.63) is 22.5 Å². The number of likely N-dealkylation sites (N-methyl/N-ethyl adjacent to an activating group) is 1. The van der Waals surface area contributed by atoms with Gasteiger partial charge in [0.1, 0.15) is 5.69 Å². The summed E-state index contributed by atoms with van der Waals surface area (Å²) in [7, 11) is 0. The number of hydrogen-bond acceptors (Lipinski definition) is 5. The van der Waals surface area contributed by atoms with Crippen LogP contribution in [0.1, 0.15) is 78.1 Å². The van der Waals surface area contributed by atoms with Crippen molar-refractivity contribution < 1.29 is 19.1 Å². The van der Waals surface area contributed by atoms with Crippen molar-refractivity contribution in [2.75, 3.05) is 32.8 Å². The van der Waals surface area contributed by atoms with Gasteiger partial charge in [0, 0.05) is 36.8 Å². The molecule has 1 N–H and O–H groups in total. The average Bonchev–Trinajstić information content (AvgIpc) is 3.29. The fourth-order valence-corrected chi connectivity index (χ4v) is 4.65. The molecule has 3 rings (SSSR count). The Morgan fingerprint density at radius 2 is 2.03 bits per heavy atom. The highest BCUT2D eigenvalue weighted by Gasteiger charge is 2.31. The lowest BCUT2D eigenvalue weighted by molar-refractivity contribution is -0.143.